The van der Waals surface area contributed by atoms with Gasteiger partial charge < -0.3 is 0 Å². The number of nitrogens with zero attached hydrogens (tertiary/aromatic N) is 1. The molecule has 3 aromatic carbocycles. The number of benzene rings is 3. The molecule has 0 fully saturated rings. The normalized spacial score (nSPS) is 15.1. The van der Waals surface area contributed by atoms with Crippen molar-refractivity contribution in [3.63, 3.8) is 0 Å². The van der Waals surface area contributed by atoms with Crippen LogP contribution in [0.4, 0.5) is 0 Å². The first kappa shape index (κ1) is 15.8. The van der Waals surface area contributed by atoms with Gasteiger partial charge in [0, 0.05) is 28.8 Å². The first-order valence-corrected chi connectivity index (χ1v) is 10.2. The second-order valence-corrected chi connectivity index (χ2v) is 7.93. The molecule has 0 bridgehead atoms. The summed E-state index contributed by atoms with van der Waals surface area (Å²) in [6.07, 6.45) is 3.81. The Balaban J connectivity index is 1.65. The van der Waals surface area contributed by atoms with E-state index in [1.54, 1.807) is 11.1 Å². The lowest BCUT2D eigenvalue weighted by molar-refractivity contribution is -0.660. The molecule has 1 heteroatoms. The van der Waals surface area contributed by atoms with Gasteiger partial charge in [-0.2, -0.15) is 4.57 Å². The van der Waals surface area contributed by atoms with Crippen LogP contribution in [0.25, 0.3) is 38.7 Å². The first-order valence-electron chi connectivity index (χ1n) is 10.2. The van der Waals surface area contributed by atoms with Crippen molar-refractivity contribution in [2.45, 2.75) is 25.8 Å². The minimum Gasteiger partial charge on any atom is -0.187 e. The fourth-order valence-corrected chi connectivity index (χ4v) is 4.98. The summed E-state index contributed by atoms with van der Waals surface area (Å²) in [5.74, 6) is 0. The maximum absolute atomic E-state index is 2.54. The maximum atomic E-state index is 2.54. The van der Waals surface area contributed by atoms with Crippen molar-refractivity contribution in [2.75, 3.05) is 0 Å². The Morgan fingerprint density at radius 1 is 0.643 bits per heavy atom. The van der Waals surface area contributed by atoms with E-state index < -0.39 is 0 Å². The Labute approximate surface area is 165 Å². The summed E-state index contributed by atoms with van der Waals surface area (Å²) in [5, 5.41) is 1.34. The third kappa shape index (κ3) is 2.36. The van der Waals surface area contributed by atoms with Crippen LogP contribution < -0.4 is 4.57 Å². The van der Waals surface area contributed by atoms with Crippen molar-refractivity contribution in [3.05, 3.63) is 96.2 Å². The highest BCUT2D eigenvalue weighted by Gasteiger charge is 2.34. The van der Waals surface area contributed by atoms with E-state index in [-0.39, 0.29) is 0 Å². The molecule has 0 unspecified atom stereocenters. The zero-order valence-electron chi connectivity index (χ0n) is 15.9. The second kappa shape index (κ2) is 6.17. The van der Waals surface area contributed by atoms with Crippen LogP contribution in [0, 0.1) is 0 Å². The van der Waals surface area contributed by atoms with Crippen LogP contribution in [0.15, 0.2) is 90.5 Å². The van der Waals surface area contributed by atoms with Crippen LogP contribution in [-0.2, 0) is 6.54 Å². The topological polar surface area (TPSA) is 3.88 Å². The lowest BCUT2D eigenvalue weighted by Gasteiger charge is -2.11. The van der Waals surface area contributed by atoms with E-state index >= 15 is 0 Å². The summed E-state index contributed by atoms with van der Waals surface area (Å²) in [6.45, 7) is 1.07. The summed E-state index contributed by atoms with van der Waals surface area (Å²) in [7, 11) is 0. The van der Waals surface area contributed by atoms with E-state index in [1.165, 1.54) is 58.1 Å². The SMILES string of the molecule is c1ccc(-c2ccc3c(c2)c(-c2ccccc2)cc2[n+]3CC3=C2CCC3)cc1. The molecule has 28 heavy (non-hydrogen) atoms. The fraction of sp³-hybridized carbons (Fsp3) is 0.148. The Kier molecular flexibility index (Phi) is 3.49. The predicted octanol–water partition coefficient (Wildman–Crippen LogP) is 6.41. The predicted molar refractivity (Wildman–Crippen MR) is 116 cm³/mol. The highest BCUT2D eigenvalue weighted by Crippen LogP contribution is 2.40. The third-order valence-electron chi connectivity index (χ3n) is 6.33. The number of fused-ring (bicyclic) bond motifs is 4. The van der Waals surface area contributed by atoms with Gasteiger partial charge in [-0.15, -0.1) is 0 Å². The lowest BCUT2D eigenvalue weighted by atomic mass is 9.95. The molecule has 6 rings (SSSR count). The zero-order valence-corrected chi connectivity index (χ0v) is 15.9. The van der Waals surface area contributed by atoms with Crippen LogP contribution in [0.2, 0.25) is 0 Å². The third-order valence-corrected chi connectivity index (χ3v) is 6.33. The average Bonchev–Trinajstić information content (AvgIpc) is 3.36. The Hall–Kier alpha value is -3.19. The van der Waals surface area contributed by atoms with Gasteiger partial charge in [0.25, 0.3) is 0 Å². The molecular weight excluding hydrogens is 338 g/mol. The van der Waals surface area contributed by atoms with E-state index in [0.29, 0.717) is 0 Å². The Bertz CT molecular complexity index is 1230. The highest BCUT2D eigenvalue weighted by molar-refractivity contribution is 5.97. The van der Waals surface area contributed by atoms with Gasteiger partial charge in [-0.05, 0) is 48.1 Å². The van der Waals surface area contributed by atoms with Gasteiger partial charge in [-0.3, -0.25) is 0 Å². The van der Waals surface area contributed by atoms with Crippen LogP contribution in [-0.4, -0.2) is 0 Å². The minimum atomic E-state index is 1.07. The van der Waals surface area contributed by atoms with Crippen molar-refractivity contribution in [3.8, 4) is 22.3 Å². The van der Waals surface area contributed by atoms with Gasteiger partial charge in [-0.25, -0.2) is 0 Å². The summed E-state index contributed by atoms with van der Waals surface area (Å²) in [4.78, 5) is 0. The van der Waals surface area contributed by atoms with E-state index in [4.69, 9.17) is 0 Å². The summed E-state index contributed by atoms with van der Waals surface area (Å²) in [6, 6.07) is 31.0. The number of rotatable bonds is 2. The molecule has 0 atom stereocenters. The standard InChI is InChI=1S/C27H22N/c1-3-8-19(9-4-1)21-14-15-26-25(16-21)24(20-10-5-2-6-11-20)17-27-23-13-7-12-22(23)18-28(26)27/h1-6,8-11,14-17H,7,12-13,18H2/q+1. The molecule has 1 aliphatic heterocycles. The van der Waals surface area contributed by atoms with E-state index in [2.05, 4.69) is 89.5 Å². The van der Waals surface area contributed by atoms with E-state index in [0.717, 1.165) is 6.54 Å². The number of aromatic nitrogens is 1. The Morgan fingerprint density at radius 3 is 2.18 bits per heavy atom. The van der Waals surface area contributed by atoms with Gasteiger partial charge in [0.05, 0.1) is 5.39 Å². The quantitative estimate of drug-likeness (QED) is 0.364. The van der Waals surface area contributed by atoms with Crippen LogP contribution in [0.3, 0.4) is 0 Å². The second-order valence-electron chi connectivity index (χ2n) is 7.93. The van der Waals surface area contributed by atoms with Crippen molar-refractivity contribution < 1.29 is 4.57 Å². The van der Waals surface area contributed by atoms with Gasteiger partial charge in [0.2, 0.25) is 11.2 Å². The van der Waals surface area contributed by atoms with Gasteiger partial charge in [0.1, 0.15) is 0 Å². The van der Waals surface area contributed by atoms with E-state index in [1.807, 2.05) is 0 Å². The molecule has 2 heterocycles. The largest absolute Gasteiger partial charge is 0.213 e. The smallest absolute Gasteiger partial charge is 0.187 e. The molecule has 134 valence electrons. The minimum absolute atomic E-state index is 1.07. The maximum Gasteiger partial charge on any atom is 0.213 e. The van der Waals surface area contributed by atoms with Crippen molar-refractivity contribution in [1.29, 1.82) is 0 Å². The molecule has 2 aliphatic rings. The molecule has 0 N–H and O–H groups in total. The monoisotopic (exact) mass is 360 g/mol. The number of pyridine rings is 1. The van der Waals surface area contributed by atoms with Crippen LogP contribution in [0.5, 0.6) is 0 Å². The van der Waals surface area contributed by atoms with Crippen LogP contribution in [0.1, 0.15) is 25.0 Å². The number of hydrogen-bond donors (Lipinski definition) is 0. The van der Waals surface area contributed by atoms with Gasteiger partial charge >= 0.3 is 0 Å². The molecule has 0 spiro atoms. The molecule has 0 saturated heterocycles. The molecule has 0 amide bonds. The fourth-order valence-electron chi connectivity index (χ4n) is 4.98. The van der Waals surface area contributed by atoms with Crippen molar-refractivity contribution in [1.82, 2.24) is 0 Å². The molecule has 0 saturated carbocycles. The Morgan fingerprint density at radius 2 is 1.39 bits per heavy atom. The molecule has 1 nitrogen and oxygen atoms in total. The summed E-state index contributed by atoms with van der Waals surface area (Å²) in [5.41, 5.74) is 11.2. The summed E-state index contributed by atoms with van der Waals surface area (Å²) >= 11 is 0. The van der Waals surface area contributed by atoms with Crippen molar-refractivity contribution >= 4 is 16.5 Å². The lowest BCUT2D eigenvalue weighted by Crippen LogP contribution is -2.36. The first-order chi connectivity index (χ1) is 13.9. The molecule has 1 aliphatic carbocycles. The average molecular weight is 360 g/mol. The van der Waals surface area contributed by atoms with Gasteiger partial charge in [0.15, 0.2) is 6.54 Å². The number of hydrogen-bond acceptors (Lipinski definition) is 0. The number of allylic oxidation sites excluding steroid dienone is 2. The molecule has 4 aromatic rings. The highest BCUT2D eigenvalue weighted by atomic mass is 15.0. The zero-order chi connectivity index (χ0) is 18.5. The van der Waals surface area contributed by atoms with Crippen LogP contribution >= 0.6 is 0 Å². The van der Waals surface area contributed by atoms with Gasteiger partial charge in [-0.1, -0.05) is 60.7 Å². The molecule has 0 radical (unpaired) electrons. The molecule has 1 aromatic heterocycles. The van der Waals surface area contributed by atoms with Crippen molar-refractivity contribution in [2.24, 2.45) is 0 Å². The molecular formula is C27H22N+. The summed E-state index contributed by atoms with van der Waals surface area (Å²) < 4.78 is 2.54. The van der Waals surface area contributed by atoms with E-state index in [9.17, 15) is 0 Å².